The number of benzene rings is 2. The molecule has 5 nitrogen and oxygen atoms in total. The zero-order chi connectivity index (χ0) is 16.7. The molecule has 0 aliphatic heterocycles. The van der Waals surface area contributed by atoms with Crippen LogP contribution in [0.15, 0.2) is 54.6 Å². The minimum atomic E-state index is -0.614. The number of carbonyl (C=O) groups is 2. The molecule has 2 aromatic rings. The van der Waals surface area contributed by atoms with Crippen molar-refractivity contribution in [2.75, 3.05) is 17.2 Å². The number of nitrogen functional groups attached to an aromatic ring is 1. The Bertz CT molecular complexity index is 654. The van der Waals surface area contributed by atoms with E-state index in [1.165, 1.54) is 4.90 Å². The highest BCUT2D eigenvalue weighted by molar-refractivity contribution is 6.42. The zero-order valence-corrected chi connectivity index (χ0v) is 13.2. The third kappa shape index (κ3) is 4.32. The van der Waals surface area contributed by atoms with Crippen molar-refractivity contribution in [1.82, 2.24) is 5.32 Å². The summed E-state index contributed by atoms with van der Waals surface area (Å²) in [5.74, 6) is -1.23. The van der Waals surface area contributed by atoms with E-state index >= 15 is 0 Å². The molecule has 5 heteroatoms. The molecule has 2 rings (SSSR count). The van der Waals surface area contributed by atoms with Gasteiger partial charge in [0.05, 0.1) is 0 Å². The maximum Gasteiger partial charge on any atom is 0.320 e. The van der Waals surface area contributed by atoms with Crippen molar-refractivity contribution < 1.29 is 9.59 Å². The lowest BCUT2D eigenvalue weighted by Crippen LogP contribution is -2.41. The van der Waals surface area contributed by atoms with Crippen LogP contribution >= 0.6 is 0 Å². The maximum absolute atomic E-state index is 12.6. The first-order chi connectivity index (χ1) is 11.1. The van der Waals surface area contributed by atoms with Crippen LogP contribution in [0.25, 0.3) is 0 Å². The molecule has 0 saturated carbocycles. The normalized spacial score (nSPS) is 10.1. The summed E-state index contributed by atoms with van der Waals surface area (Å²) in [5.41, 5.74) is 7.53. The van der Waals surface area contributed by atoms with Gasteiger partial charge in [0.2, 0.25) is 0 Å². The molecule has 0 aliphatic rings. The first-order valence-electron chi connectivity index (χ1n) is 7.66. The van der Waals surface area contributed by atoms with Crippen LogP contribution in [0.2, 0.25) is 0 Å². The van der Waals surface area contributed by atoms with Crippen LogP contribution in [-0.4, -0.2) is 18.4 Å². The Morgan fingerprint density at radius 1 is 1.00 bits per heavy atom. The van der Waals surface area contributed by atoms with Crippen LogP contribution in [0.4, 0.5) is 17.1 Å². The molecule has 0 aromatic heterocycles. The minimum absolute atomic E-state index is 0.492. The minimum Gasteiger partial charge on any atom is -0.399 e. The van der Waals surface area contributed by atoms with E-state index < -0.39 is 11.8 Å². The van der Waals surface area contributed by atoms with E-state index in [4.69, 9.17) is 5.73 Å². The van der Waals surface area contributed by atoms with E-state index in [1.807, 2.05) is 25.1 Å². The number of hydrogen-bond donors (Lipinski definition) is 2. The SMILES string of the molecule is CCCCNC(=O)C(=O)N(c1ccccc1)c1ccc(N)cc1. The van der Waals surface area contributed by atoms with Crippen molar-refractivity contribution in [1.29, 1.82) is 0 Å². The van der Waals surface area contributed by atoms with Gasteiger partial charge in [-0.2, -0.15) is 0 Å². The summed E-state index contributed by atoms with van der Waals surface area (Å²) in [6.07, 6.45) is 1.79. The lowest BCUT2D eigenvalue weighted by molar-refractivity contribution is -0.137. The molecule has 0 saturated heterocycles. The van der Waals surface area contributed by atoms with Crippen LogP contribution in [0.3, 0.4) is 0 Å². The Hall–Kier alpha value is -2.82. The van der Waals surface area contributed by atoms with E-state index in [0.717, 1.165) is 12.8 Å². The molecule has 0 radical (unpaired) electrons. The summed E-state index contributed by atoms with van der Waals surface area (Å²) < 4.78 is 0. The van der Waals surface area contributed by atoms with Crippen molar-refractivity contribution in [3.63, 3.8) is 0 Å². The van der Waals surface area contributed by atoms with Gasteiger partial charge >= 0.3 is 11.8 Å². The van der Waals surface area contributed by atoms with Crippen LogP contribution in [-0.2, 0) is 9.59 Å². The first-order valence-corrected chi connectivity index (χ1v) is 7.66. The molecule has 3 N–H and O–H groups in total. The number of carbonyl (C=O) groups excluding carboxylic acids is 2. The predicted octanol–water partition coefficient (Wildman–Crippen LogP) is 2.85. The number of anilines is 3. The number of nitrogens with two attached hydrogens (primary N) is 1. The molecular weight excluding hydrogens is 290 g/mol. The fourth-order valence-electron chi connectivity index (χ4n) is 2.14. The predicted molar refractivity (Wildman–Crippen MR) is 92.4 cm³/mol. The fraction of sp³-hybridized carbons (Fsp3) is 0.222. The second-order valence-corrected chi connectivity index (χ2v) is 5.18. The number of para-hydroxylation sites is 1. The van der Waals surface area contributed by atoms with Crippen molar-refractivity contribution in [2.45, 2.75) is 19.8 Å². The number of nitrogens with zero attached hydrogens (tertiary/aromatic N) is 1. The van der Waals surface area contributed by atoms with Crippen LogP contribution in [0.1, 0.15) is 19.8 Å². The molecule has 0 spiro atoms. The highest BCUT2D eigenvalue weighted by Gasteiger charge is 2.24. The van der Waals surface area contributed by atoms with Gasteiger partial charge in [-0.1, -0.05) is 31.5 Å². The smallest absolute Gasteiger partial charge is 0.320 e. The van der Waals surface area contributed by atoms with Gasteiger partial charge in [0.15, 0.2) is 0 Å². The molecule has 0 fully saturated rings. The van der Waals surface area contributed by atoms with E-state index in [1.54, 1.807) is 36.4 Å². The van der Waals surface area contributed by atoms with Gasteiger partial charge in [-0.15, -0.1) is 0 Å². The lowest BCUT2D eigenvalue weighted by Gasteiger charge is -2.22. The molecule has 2 aromatic carbocycles. The number of amides is 2. The van der Waals surface area contributed by atoms with Gasteiger partial charge in [0.1, 0.15) is 0 Å². The van der Waals surface area contributed by atoms with Crippen molar-refractivity contribution >= 4 is 28.9 Å². The van der Waals surface area contributed by atoms with Crippen molar-refractivity contribution in [3.05, 3.63) is 54.6 Å². The highest BCUT2D eigenvalue weighted by Crippen LogP contribution is 2.26. The third-order valence-electron chi connectivity index (χ3n) is 3.38. The second-order valence-electron chi connectivity index (χ2n) is 5.18. The standard InChI is InChI=1S/C18H21N3O2/c1-2-3-13-20-17(22)18(23)21(15-7-5-4-6-8-15)16-11-9-14(19)10-12-16/h4-12H,2-3,13,19H2,1H3,(H,20,22). The first kappa shape index (κ1) is 16.5. The molecule has 0 atom stereocenters. The van der Waals surface area contributed by atoms with Crippen molar-refractivity contribution in [3.8, 4) is 0 Å². The largest absolute Gasteiger partial charge is 0.399 e. The van der Waals surface area contributed by atoms with E-state index in [9.17, 15) is 9.59 Å². The molecular formula is C18H21N3O2. The van der Waals surface area contributed by atoms with Gasteiger partial charge < -0.3 is 11.1 Å². The Balaban J connectivity index is 2.28. The Kier molecular flexibility index (Phi) is 5.74. The maximum atomic E-state index is 12.6. The number of hydrogen-bond acceptors (Lipinski definition) is 3. The van der Waals surface area contributed by atoms with Crippen LogP contribution in [0.5, 0.6) is 0 Å². The quantitative estimate of drug-likeness (QED) is 0.506. The Labute approximate surface area is 136 Å². The summed E-state index contributed by atoms with van der Waals surface area (Å²) in [4.78, 5) is 26.1. The summed E-state index contributed by atoms with van der Waals surface area (Å²) in [5, 5.41) is 2.66. The second kappa shape index (κ2) is 7.98. The van der Waals surface area contributed by atoms with Gasteiger partial charge in [-0.05, 0) is 42.8 Å². The zero-order valence-electron chi connectivity index (χ0n) is 13.2. The monoisotopic (exact) mass is 311 g/mol. The molecule has 2 amide bonds. The molecule has 23 heavy (non-hydrogen) atoms. The Morgan fingerprint density at radius 3 is 2.22 bits per heavy atom. The fourth-order valence-corrected chi connectivity index (χ4v) is 2.14. The molecule has 0 bridgehead atoms. The number of nitrogens with one attached hydrogen (secondary N) is 1. The average molecular weight is 311 g/mol. The van der Waals surface area contributed by atoms with E-state index in [-0.39, 0.29) is 0 Å². The van der Waals surface area contributed by atoms with Crippen LogP contribution in [0, 0.1) is 0 Å². The third-order valence-corrected chi connectivity index (χ3v) is 3.38. The van der Waals surface area contributed by atoms with Crippen LogP contribution < -0.4 is 16.0 Å². The topological polar surface area (TPSA) is 75.4 Å². The summed E-state index contributed by atoms with van der Waals surface area (Å²) in [6.45, 7) is 2.52. The highest BCUT2D eigenvalue weighted by atomic mass is 16.2. The van der Waals surface area contributed by atoms with Crippen molar-refractivity contribution in [2.24, 2.45) is 0 Å². The van der Waals surface area contributed by atoms with Gasteiger partial charge in [-0.25, -0.2) is 0 Å². The summed E-state index contributed by atoms with van der Waals surface area (Å²) >= 11 is 0. The van der Waals surface area contributed by atoms with E-state index in [2.05, 4.69) is 5.32 Å². The van der Waals surface area contributed by atoms with Gasteiger partial charge in [0, 0.05) is 23.6 Å². The molecule has 120 valence electrons. The summed E-state index contributed by atoms with van der Waals surface area (Å²) in [7, 11) is 0. The van der Waals surface area contributed by atoms with Gasteiger partial charge in [-0.3, -0.25) is 14.5 Å². The lowest BCUT2D eigenvalue weighted by atomic mass is 10.2. The average Bonchev–Trinajstić information content (AvgIpc) is 2.58. The molecule has 0 aliphatic carbocycles. The molecule has 0 heterocycles. The van der Waals surface area contributed by atoms with Gasteiger partial charge in [0.25, 0.3) is 0 Å². The number of unbranched alkanes of at least 4 members (excludes halogenated alkanes) is 1. The molecule has 0 unspecified atom stereocenters. The Morgan fingerprint density at radius 2 is 1.61 bits per heavy atom. The summed E-state index contributed by atoms with van der Waals surface area (Å²) in [6, 6.07) is 15.9. The number of rotatable bonds is 5. The van der Waals surface area contributed by atoms with E-state index in [0.29, 0.717) is 23.6 Å².